The molecule has 0 fully saturated rings. The SMILES string of the molecule is CCCCC(Cl)CS(=O)(=O)CCCC. The number of hydrogen-bond donors (Lipinski definition) is 0. The molecule has 14 heavy (non-hydrogen) atoms. The molecule has 0 rings (SSSR count). The van der Waals surface area contributed by atoms with Crippen molar-refractivity contribution in [3.05, 3.63) is 0 Å². The molecule has 1 atom stereocenters. The molecule has 0 saturated heterocycles. The van der Waals surface area contributed by atoms with E-state index in [1.54, 1.807) is 0 Å². The largest absolute Gasteiger partial charge is 0.229 e. The summed E-state index contributed by atoms with van der Waals surface area (Å²) in [6.45, 7) is 4.07. The molecule has 0 spiro atoms. The highest BCUT2D eigenvalue weighted by Gasteiger charge is 2.16. The van der Waals surface area contributed by atoms with Crippen LogP contribution in [0.15, 0.2) is 0 Å². The van der Waals surface area contributed by atoms with Gasteiger partial charge < -0.3 is 0 Å². The highest BCUT2D eigenvalue weighted by molar-refractivity contribution is 7.91. The number of rotatable bonds is 8. The third kappa shape index (κ3) is 7.63. The molecule has 0 aliphatic heterocycles. The minimum Gasteiger partial charge on any atom is -0.229 e. The van der Waals surface area contributed by atoms with Gasteiger partial charge in [-0.25, -0.2) is 8.42 Å². The van der Waals surface area contributed by atoms with Gasteiger partial charge in [0.15, 0.2) is 9.84 Å². The van der Waals surface area contributed by atoms with Crippen LogP contribution in [0.25, 0.3) is 0 Å². The van der Waals surface area contributed by atoms with Crippen LogP contribution in [-0.4, -0.2) is 25.3 Å². The summed E-state index contributed by atoms with van der Waals surface area (Å²) in [4.78, 5) is 0. The van der Waals surface area contributed by atoms with Crippen molar-refractivity contribution in [2.75, 3.05) is 11.5 Å². The molecule has 0 aromatic heterocycles. The van der Waals surface area contributed by atoms with Gasteiger partial charge in [0.1, 0.15) is 0 Å². The van der Waals surface area contributed by atoms with Gasteiger partial charge in [-0.1, -0.05) is 33.1 Å². The van der Waals surface area contributed by atoms with Gasteiger partial charge in [-0.05, 0) is 12.8 Å². The van der Waals surface area contributed by atoms with E-state index in [4.69, 9.17) is 11.6 Å². The van der Waals surface area contributed by atoms with Gasteiger partial charge in [0, 0.05) is 5.38 Å². The lowest BCUT2D eigenvalue weighted by atomic mass is 10.2. The van der Waals surface area contributed by atoms with Crippen LogP contribution in [-0.2, 0) is 9.84 Å². The van der Waals surface area contributed by atoms with Crippen molar-refractivity contribution < 1.29 is 8.42 Å². The molecule has 0 aromatic carbocycles. The van der Waals surface area contributed by atoms with Gasteiger partial charge in [0.05, 0.1) is 11.5 Å². The van der Waals surface area contributed by atoms with Crippen LogP contribution in [0.2, 0.25) is 0 Å². The van der Waals surface area contributed by atoms with Crippen LogP contribution < -0.4 is 0 Å². The summed E-state index contributed by atoms with van der Waals surface area (Å²) in [5.74, 6) is 0.438. The summed E-state index contributed by atoms with van der Waals surface area (Å²) in [6, 6.07) is 0. The summed E-state index contributed by atoms with van der Waals surface area (Å²) in [5, 5.41) is -0.197. The van der Waals surface area contributed by atoms with Gasteiger partial charge in [0.2, 0.25) is 0 Å². The van der Waals surface area contributed by atoms with E-state index in [9.17, 15) is 8.42 Å². The zero-order valence-electron chi connectivity index (χ0n) is 9.13. The van der Waals surface area contributed by atoms with Crippen LogP contribution >= 0.6 is 11.6 Å². The van der Waals surface area contributed by atoms with Gasteiger partial charge in [-0.15, -0.1) is 11.6 Å². The Morgan fingerprint density at radius 1 is 1.14 bits per heavy atom. The van der Waals surface area contributed by atoms with Crippen molar-refractivity contribution in [2.24, 2.45) is 0 Å². The Hall–Kier alpha value is 0.240. The normalized spacial score (nSPS) is 14.2. The molecule has 4 heteroatoms. The minimum atomic E-state index is -2.91. The number of hydrogen-bond acceptors (Lipinski definition) is 2. The molecule has 0 saturated carbocycles. The van der Waals surface area contributed by atoms with E-state index in [0.717, 1.165) is 32.1 Å². The molecule has 0 radical (unpaired) electrons. The molecule has 0 amide bonds. The van der Waals surface area contributed by atoms with Crippen LogP contribution in [0.1, 0.15) is 46.0 Å². The quantitative estimate of drug-likeness (QED) is 0.612. The topological polar surface area (TPSA) is 34.1 Å². The maximum Gasteiger partial charge on any atom is 0.151 e. The van der Waals surface area contributed by atoms with Gasteiger partial charge >= 0.3 is 0 Å². The van der Waals surface area contributed by atoms with Gasteiger partial charge in [-0.2, -0.15) is 0 Å². The lowest BCUT2D eigenvalue weighted by molar-refractivity contribution is 0.586. The molecule has 0 N–H and O–H groups in total. The first kappa shape index (κ1) is 14.2. The van der Waals surface area contributed by atoms with Crippen molar-refractivity contribution in [3.63, 3.8) is 0 Å². The molecule has 0 aromatic rings. The second-order valence-corrected chi connectivity index (χ2v) is 6.55. The van der Waals surface area contributed by atoms with E-state index in [2.05, 4.69) is 6.92 Å². The van der Waals surface area contributed by atoms with E-state index < -0.39 is 9.84 Å². The Morgan fingerprint density at radius 2 is 1.71 bits per heavy atom. The number of alkyl halides is 1. The van der Waals surface area contributed by atoms with Gasteiger partial charge in [-0.3, -0.25) is 0 Å². The average molecular weight is 241 g/mol. The summed E-state index contributed by atoms with van der Waals surface area (Å²) >= 11 is 5.94. The summed E-state index contributed by atoms with van der Waals surface area (Å²) in [7, 11) is -2.91. The second kappa shape index (κ2) is 7.52. The third-order valence-electron chi connectivity index (χ3n) is 2.11. The highest BCUT2D eigenvalue weighted by Crippen LogP contribution is 2.11. The molecular weight excluding hydrogens is 220 g/mol. The monoisotopic (exact) mass is 240 g/mol. The molecule has 0 heterocycles. The van der Waals surface area contributed by atoms with Crippen LogP contribution in [0.3, 0.4) is 0 Å². The van der Waals surface area contributed by atoms with Crippen molar-refractivity contribution in [3.8, 4) is 0 Å². The Balaban J connectivity index is 3.83. The molecule has 0 aliphatic rings. The summed E-state index contributed by atoms with van der Waals surface area (Å²) < 4.78 is 23.0. The van der Waals surface area contributed by atoms with E-state index in [1.807, 2.05) is 6.92 Å². The maximum atomic E-state index is 11.5. The smallest absolute Gasteiger partial charge is 0.151 e. The lowest BCUT2D eigenvalue weighted by Gasteiger charge is -2.08. The summed E-state index contributed by atoms with van der Waals surface area (Å²) in [5.41, 5.74) is 0. The van der Waals surface area contributed by atoms with Crippen molar-refractivity contribution in [1.82, 2.24) is 0 Å². The van der Waals surface area contributed by atoms with Crippen molar-refractivity contribution in [1.29, 1.82) is 0 Å². The molecule has 0 bridgehead atoms. The Kier molecular flexibility index (Phi) is 7.65. The van der Waals surface area contributed by atoms with E-state index in [0.29, 0.717) is 5.75 Å². The van der Waals surface area contributed by atoms with Crippen molar-refractivity contribution >= 4 is 21.4 Å². The molecular formula is C10H21ClO2S. The minimum absolute atomic E-state index is 0.147. The van der Waals surface area contributed by atoms with E-state index in [-0.39, 0.29) is 11.1 Å². The summed E-state index contributed by atoms with van der Waals surface area (Å²) in [6.07, 6.45) is 4.56. The Labute approximate surface area is 93.0 Å². The fourth-order valence-electron chi connectivity index (χ4n) is 1.23. The fourth-order valence-corrected chi connectivity index (χ4v) is 3.58. The number of halogens is 1. The number of unbranched alkanes of at least 4 members (excludes halogenated alkanes) is 2. The molecule has 86 valence electrons. The van der Waals surface area contributed by atoms with Crippen LogP contribution in [0, 0.1) is 0 Å². The first-order valence-electron chi connectivity index (χ1n) is 5.36. The van der Waals surface area contributed by atoms with Gasteiger partial charge in [0.25, 0.3) is 0 Å². The second-order valence-electron chi connectivity index (χ2n) is 3.71. The molecule has 0 aliphatic carbocycles. The Morgan fingerprint density at radius 3 is 2.21 bits per heavy atom. The molecule has 1 unspecified atom stereocenters. The average Bonchev–Trinajstić information content (AvgIpc) is 2.11. The van der Waals surface area contributed by atoms with Crippen LogP contribution in [0.5, 0.6) is 0 Å². The predicted octanol–water partition coefficient (Wildman–Crippen LogP) is 3.00. The Bertz CT molecular complexity index is 224. The van der Waals surface area contributed by atoms with Crippen molar-refractivity contribution in [2.45, 2.75) is 51.3 Å². The number of sulfone groups is 1. The maximum absolute atomic E-state index is 11.5. The fraction of sp³-hybridized carbons (Fsp3) is 1.00. The molecule has 2 nitrogen and oxygen atoms in total. The van der Waals surface area contributed by atoms with E-state index >= 15 is 0 Å². The first-order valence-corrected chi connectivity index (χ1v) is 7.62. The first-order chi connectivity index (χ1) is 6.52. The van der Waals surface area contributed by atoms with E-state index in [1.165, 1.54) is 0 Å². The lowest BCUT2D eigenvalue weighted by Crippen LogP contribution is -2.19. The zero-order valence-corrected chi connectivity index (χ0v) is 10.7. The third-order valence-corrected chi connectivity index (χ3v) is 4.49. The standard InChI is InChI=1S/C10H21ClO2S/c1-3-5-7-10(11)9-14(12,13)8-6-4-2/h10H,3-9H2,1-2H3. The zero-order chi connectivity index (χ0) is 11.0. The van der Waals surface area contributed by atoms with Crippen LogP contribution in [0.4, 0.5) is 0 Å². The highest BCUT2D eigenvalue weighted by atomic mass is 35.5. The predicted molar refractivity (Wildman–Crippen MR) is 62.7 cm³/mol.